The monoisotopic (exact) mass is 389 g/mol. The summed E-state index contributed by atoms with van der Waals surface area (Å²) in [4.78, 5) is 18.4. The molecule has 0 radical (unpaired) electrons. The molecular weight excluding hydrogens is 367 g/mol. The number of hydrogen-bond acceptors (Lipinski definition) is 3. The highest BCUT2D eigenvalue weighted by Gasteiger charge is 2.31. The maximum atomic E-state index is 12.9. The lowest BCUT2D eigenvalue weighted by Gasteiger charge is -2.37. The van der Waals surface area contributed by atoms with E-state index in [2.05, 4.69) is 4.90 Å². The molecule has 0 saturated carbocycles. The number of amides is 1. The molecule has 2 aromatic rings. The number of nitrogens with zero attached hydrogens (tertiary/aromatic N) is 3. The van der Waals surface area contributed by atoms with E-state index < -0.39 is 11.7 Å². The third-order valence-electron chi connectivity index (χ3n) is 5.48. The number of alkyl halides is 3. The highest BCUT2D eigenvalue weighted by molar-refractivity contribution is 6.01. The van der Waals surface area contributed by atoms with Crippen LogP contribution < -0.4 is 9.80 Å². The molecule has 2 aliphatic heterocycles. The van der Waals surface area contributed by atoms with E-state index in [4.69, 9.17) is 0 Å². The molecule has 2 aliphatic rings. The summed E-state index contributed by atoms with van der Waals surface area (Å²) in [5.74, 6) is 0.129. The molecule has 0 bridgehead atoms. The predicted molar refractivity (Wildman–Crippen MR) is 103 cm³/mol. The van der Waals surface area contributed by atoms with Gasteiger partial charge in [0.25, 0.3) is 0 Å². The Labute approximate surface area is 162 Å². The van der Waals surface area contributed by atoms with Crippen LogP contribution in [0, 0.1) is 0 Å². The minimum absolute atomic E-state index is 0.129. The van der Waals surface area contributed by atoms with Crippen molar-refractivity contribution in [3.8, 4) is 0 Å². The molecule has 4 nitrogen and oxygen atoms in total. The third-order valence-corrected chi connectivity index (χ3v) is 5.48. The van der Waals surface area contributed by atoms with Gasteiger partial charge in [0.15, 0.2) is 0 Å². The zero-order valence-corrected chi connectivity index (χ0v) is 15.5. The van der Waals surface area contributed by atoms with Crippen LogP contribution in [0.1, 0.15) is 11.1 Å². The molecule has 0 N–H and O–H groups in total. The zero-order valence-electron chi connectivity index (χ0n) is 15.5. The van der Waals surface area contributed by atoms with Crippen molar-refractivity contribution in [2.45, 2.75) is 12.6 Å². The number of benzene rings is 2. The number of hydrogen-bond donors (Lipinski definition) is 0. The fourth-order valence-electron chi connectivity index (χ4n) is 3.91. The quantitative estimate of drug-likeness (QED) is 0.802. The number of anilines is 2. The van der Waals surface area contributed by atoms with Crippen LogP contribution in [-0.4, -0.2) is 50.1 Å². The van der Waals surface area contributed by atoms with E-state index in [1.54, 1.807) is 6.07 Å². The average molecular weight is 389 g/mol. The van der Waals surface area contributed by atoms with Crippen molar-refractivity contribution < 1.29 is 18.0 Å². The Morgan fingerprint density at radius 3 is 2.39 bits per heavy atom. The highest BCUT2D eigenvalue weighted by Crippen LogP contribution is 2.32. The molecule has 28 heavy (non-hydrogen) atoms. The molecule has 1 saturated heterocycles. The van der Waals surface area contributed by atoms with E-state index in [1.165, 1.54) is 12.1 Å². The molecule has 148 valence electrons. The number of rotatable bonds is 4. The summed E-state index contributed by atoms with van der Waals surface area (Å²) in [6.45, 7) is 4.27. The van der Waals surface area contributed by atoms with Gasteiger partial charge in [0.05, 0.1) is 12.0 Å². The standard InChI is InChI=1S/C21H22F3N3O/c22-21(23,24)17-5-3-6-18(15-17)26-11-8-25(9-12-26)10-13-27-19-7-2-1-4-16(19)14-20(27)28/h1-7,15H,8-14H2. The Balaban J connectivity index is 1.32. The topological polar surface area (TPSA) is 26.8 Å². The Bertz CT molecular complexity index is 860. The first-order valence-electron chi connectivity index (χ1n) is 9.45. The number of piperazine rings is 1. The van der Waals surface area contributed by atoms with Gasteiger partial charge in [0.2, 0.25) is 5.91 Å². The average Bonchev–Trinajstić information content (AvgIpc) is 3.01. The van der Waals surface area contributed by atoms with Gasteiger partial charge in [-0.1, -0.05) is 24.3 Å². The van der Waals surface area contributed by atoms with Gasteiger partial charge in [-0.05, 0) is 29.8 Å². The van der Waals surface area contributed by atoms with Crippen LogP contribution >= 0.6 is 0 Å². The summed E-state index contributed by atoms with van der Waals surface area (Å²) in [7, 11) is 0. The summed E-state index contributed by atoms with van der Waals surface area (Å²) in [6, 6.07) is 13.4. The van der Waals surface area contributed by atoms with Crippen LogP contribution in [0.25, 0.3) is 0 Å². The Kier molecular flexibility index (Phi) is 5.02. The fraction of sp³-hybridized carbons (Fsp3) is 0.381. The van der Waals surface area contributed by atoms with Gasteiger partial charge in [-0.3, -0.25) is 9.69 Å². The van der Waals surface area contributed by atoms with E-state index in [-0.39, 0.29) is 5.91 Å². The van der Waals surface area contributed by atoms with E-state index >= 15 is 0 Å². The van der Waals surface area contributed by atoms with Crippen LogP contribution in [0.5, 0.6) is 0 Å². The molecule has 0 aromatic heterocycles. The number of carbonyl (C=O) groups excluding carboxylic acids is 1. The zero-order chi connectivity index (χ0) is 19.7. The first-order chi connectivity index (χ1) is 13.4. The number of carbonyl (C=O) groups is 1. The fourth-order valence-corrected chi connectivity index (χ4v) is 3.91. The molecule has 1 fully saturated rings. The molecule has 0 atom stereocenters. The van der Waals surface area contributed by atoms with Gasteiger partial charge in [-0.25, -0.2) is 0 Å². The van der Waals surface area contributed by atoms with Gasteiger partial charge >= 0.3 is 6.18 Å². The lowest BCUT2D eigenvalue weighted by molar-refractivity contribution is -0.137. The van der Waals surface area contributed by atoms with Crippen molar-refractivity contribution in [1.29, 1.82) is 0 Å². The number of fused-ring (bicyclic) bond motifs is 1. The normalized spacial score (nSPS) is 17.9. The van der Waals surface area contributed by atoms with Crippen LogP contribution in [-0.2, 0) is 17.4 Å². The molecule has 0 spiro atoms. The van der Waals surface area contributed by atoms with Crippen molar-refractivity contribution in [3.05, 3.63) is 59.7 Å². The Hall–Kier alpha value is -2.54. The second kappa shape index (κ2) is 7.47. The third kappa shape index (κ3) is 3.85. The van der Waals surface area contributed by atoms with Gasteiger partial charge in [0.1, 0.15) is 0 Å². The van der Waals surface area contributed by atoms with Crippen molar-refractivity contribution in [2.75, 3.05) is 49.1 Å². The lowest BCUT2D eigenvalue weighted by atomic mass is 10.1. The van der Waals surface area contributed by atoms with Crippen molar-refractivity contribution in [1.82, 2.24) is 4.90 Å². The van der Waals surface area contributed by atoms with Gasteiger partial charge in [-0.2, -0.15) is 13.2 Å². The number of para-hydroxylation sites is 1. The summed E-state index contributed by atoms with van der Waals surface area (Å²) >= 11 is 0. The van der Waals surface area contributed by atoms with Gasteiger partial charge in [0, 0.05) is 50.6 Å². The molecule has 0 aliphatic carbocycles. The maximum absolute atomic E-state index is 12.9. The van der Waals surface area contributed by atoms with Crippen LogP contribution in [0.3, 0.4) is 0 Å². The van der Waals surface area contributed by atoms with Gasteiger partial charge in [-0.15, -0.1) is 0 Å². The van der Waals surface area contributed by atoms with E-state index in [0.29, 0.717) is 31.7 Å². The summed E-state index contributed by atoms with van der Waals surface area (Å²) < 4.78 is 38.8. The molecule has 0 unspecified atom stereocenters. The lowest BCUT2D eigenvalue weighted by Crippen LogP contribution is -2.48. The van der Waals surface area contributed by atoms with Crippen molar-refractivity contribution >= 4 is 17.3 Å². The molecule has 2 aromatic carbocycles. The minimum Gasteiger partial charge on any atom is -0.369 e. The summed E-state index contributed by atoms with van der Waals surface area (Å²) in [5, 5.41) is 0. The molecule has 1 amide bonds. The van der Waals surface area contributed by atoms with Crippen LogP contribution in [0.4, 0.5) is 24.5 Å². The molecule has 7 heteroatoms. The summed E-state index contributed by atoms with van der Waals surface area (Å²) in [6.07, 6.45) is -3.87. The van der Waals surface area contributed by atoms with E-state index in [0.717, 1.165) is 37.0 Å². The SMILES string of the molecule is O=C1Cc2ccccc2N1CCN1CCN(c2cccc(C(F)(F)F)c2)CC1. The second-order valence-corrected chi connectivity index (χ2v) is 7.23. The largest absolute Gasteiger partial charge is 0.416 e. The minimum atomic E-state index is -4.32. The predicted octanol–water partition coefficient (Wildman–Crippen LogP) is 3.42. The van der Waals surface area contributed by atoms with Crippen molar-refractivity contribution in [3.63, 3.8) is 0 Å². The first-order valence-corrected chi connectivity index (χ1v) is 9.45. The maximum Gasteiger partial charge on any atom is 0.416 e. The van der Waals surface area contributed by atoms with Crippen LogP contribution in [0.2, 0.25) is 0 Å². The highest BCUT2D eigenvalue weighted by atomic mass is 19.4. The first kappa shape index (κ1) is 18.8. The van der Waals surface area contributed by atoms with Gasteiger partial charge < -0.3 is 9.80 Å². The van der Waals surface area contributed by atoms with E-state index in [1.807, 2.05) is 34.1 Å². The molecular formula is C21H22F3N3O. The smallest absolute Gasteiger partial charge is 0.369 e. The van der Waals surface area contributed by atoms with Crippen molar-refractivity contribution in [2.24, 2.45) is 0 Å². The van der Waals surface area contributed by atoms with E-state index in [9.17, 15) is 18.0 Å². The summed E-state index contributed by atoms with van der Waals surface area (Å²) in [5.41, 5.74) is 2.06. The number of halogens is 3. The molecule has 2 heterocycles. The molecule has 4 rings (SSSR count). The Morgan fingerprint density at radius 2 is 1.64 bits per heavy atom. The van der Waals surface area contributed by atoms with Crippen LogP contribution in [0.15, 0.2) is 48.5 Å². The second-order valence-electron chi connectivity index (χ2n) is 7.23. The Morgan fingerprint density at radius 1 is 0.893 bits per heavy atom.